The largest absolute Gasteiger partial charge is 0.494 e. The van der Waals surface area contributed by atoms with E-state index in [1.165, 1.54) is 0 Å². The van der Waals surface area contributed by atoms with Gasteiger partial charge in [0.2, 0.25) is 0 Å². The molecule has 2 amide bonds. The highest BCUT2D eigenvalue weighted by molar-refractivity contribution is 5.74. The number of urea groups is 1. The molecule has 5 nitrogen and oxygen atoms in total. The van der Waals surface area contributed by atoms with E-state index in [9.17, 15) is 23.1 Å². The smallest absolute Gasteiger partial charge is 0.419 e. The number of aliphatic hydroxyl groups is 1. The van der Waals surface area contributed by atoms with Gasteiger partial charge in [0.05, 0.1) is 13.2 Å². The highest BCUT2D eigenvalue weighted by Gasteiger charge is 2.57. The fourth-order valence-corrected chi connectivity index (χ4v) is 2.28. The molecular formula is C15H19F3N2O3. The number of amides is 2. The molecular weight excluding hydrogens is 313 g/mol. The van der Waals surface area contributed by atoms with Crippen LogP contribution in [0.2, 0.25) is 0 Å². The normalized spacial score (nSPS) is 21.3. The second-order valence-electron chi connectivity index (χ2n) is 5.45. The van der Waals surface area contributed by atoms with Gasteiger partial charge in [0.15, 0.2) is 5.60 Å². The molecule has 1 atom stereocenters. The Bertz CT molecular complexity index is 524. The predicted molar refractivity (Wildman–Crippen MR) is 77.1 cm³/mol. The van der Waals surface area contributed by atoms with Crippen LogP contribution < -0.4 is 10.1 Å². The summed E-state index contributed by atoms with van der Waals surface area (Å²) in [5, 5.41) is 12.0. The zero-order chi connectivity index (χ0) is 16.9. The lowest BCUT2D eigenvalue weighted by Crippen LogP contribution is -2.49. The van der Waals surface area contributed by atoms with E-state index >= 15 is 0 Å². The van der Waals surface area contributed by atoms with Crippen LogP contribution in [0.4, 0.5) is 18.0 Å². The molecule has 0 unspecified atom stereocenters. The monoisotopic (exact) mass is 332 g/mol. The lowest BCUT2D eigenvalue weighted by molar-refractivity contribution is -0.253. The van der Waals surface area contributed by atoms with Crippen molar-refractivity contribution in [3.8, 4) is 5.75 Å². The number of nitrogens with zero attached hydrogens (tertiary/aromatic N) is 1. The van der Waals surface area contributed by atoms with Crippen molar-refractivity contribution in [2.75, 3.05) is 26.2 Å². The summed E-state index contributed by atoms with van der Waals surface area (Å²) in [6.45, 7) is -0.186. The van der Waals surface area contributed by atoms with Crippen LogP contribution in [0, 0.1) is 0 Å². The fourth-order valence-electron chi connectivity index (χ4n) is 2.28. The molecule has 1 aliphatic heterocycles. The molecule has 0 saturated carbocycles. The minimum absolute atomic E-state index is 0.123. The van der Waals surface area contributed by atoms with Crippen LogP contribution in [0.3, 0.4) is 0 Å². The van der Waals surface area contributed by atoms with Crippen molar-refractivity contribution in [2.24, 2.45) is 0 Å². The highest BCUT2D eigenvalue weighted by Crippen LogP contribution is 2.37. The predicted octanol–water partition coefficient (Wildman–Crippen LogP) is 2.16. The maximum atomic E-state index is 12.7. The van der Waals surface area contributed by atoms with Crippen molar-refractivity contribution in [2.45, 2.75) is 24.6 Å². The van der Waals surface area contributed by atoms with Crippen LogP contribution in [0.25, 0.3) is 0 Å². The third-order valence-electron chi connectivity index (χ3n) is 3.67. The quantitative estimate of drug-likeness (QED) is 0.813. The van der Waals surface area contributed by atoms with Gasteiger partial charge in [-0.25, -0.2) is 4.79 Å². The number of rotatable bonds is 5. The summed E-state index contributed by atoms with van der Waals surface area (Å²) >= 11 is 0. The summed E-state index contributed by atoms with van der Waals surface area (Å²) in [5.74, 6) is 0.716. The van der Waals surface area contributed by atoms with Crippen molar-refractivity contribution >= 4 is 6.03 Å². The molecule has 8 heteroatoms. The number of carbonyl (C=O) groups excluding carboxylic acids is 1. The van der Waals surface area contributed by atoms with Crippen LogP contribution in [0.15, 0.2) is 30.3 Å². The molecule has 2 rings (SSSR count). The average molecular weight is 332 g/mol. The van der Waals surface area contributed by atoms with E-state index in [0.717, 1.165) is 4.90 Å². The lowest BCUT2D eigenvalue weighted by atomic mass is 10.0. The van der Waals surface area contributed by atoms with Crippen LogP contribution in [-0.4, -0.2) is 54.1 Å². The first-order valence-corrected chi connectivity index (χ1v) is 7.31. The second kappa shape index (κ2) is 7.08. The van der Waals surface area contributed by atoms with E-state index in [-0.39, 0.29) is 13.1 Å². The Morgan fingerprint density at radius 3 is 2.65 bits per heavy atom. The van der Waals surface area contributed by atoms with Gasteiger partial charge in [-0.1, -0.05) is 18.2 Å². The zero-order valence-electron chi connectivity index (χ0n) is 12.5. The fraction of sp³-hybridized carbons (Fsp3) is 0.533. The van der Waals surface area contributed by atoms with E-state index in [1.807, 2.05) is 18.2 Å². The molecule has 0 bridgehead atoms. The number of benzene rings is 1. The topological polar surface area (TPSA) is 61.8 Å². The number of likely N-dealkylation sites (tertiary alicyclic amines) is 1. The third-order valence-corrected chi connectivity index (χ3v) is 3.67. The highest BCUT2D eigenvalue weighted by atomic mass is 19.4. The molecule has 1 saturated heterocycles. The van der Waals surface area contributed by atoms with Gasteiger partial charge in [0, 0.05) is 19.5 Å². The molecule has 1 heterocycles. The SMILES string of the molecule is O=C(NCCCOc1ccccc1)N1CC[C@](O)(C(F)(F)F)C1. The molecule has 2 N–H and O–H groups in total. The number of halogens is 3. The van der Waals surface area contributed by atoms with Gasteiger partial charge in [-0.3, -0.25) is 0 Å². The maximum Gasteiger partial charge on any atom is 0.419 e. The van der Waals surface area contributed by atoms with Crippen LogP contribution in [0.5, 0.6) is 5.75 Å². The summed E-state index contributed by atoms with van der Waals surface area (Å²) in [7, 11) is 0. The van der Waals surface area contributed by atoms with Gasteiger partial charge in [-0.15, -0.1) is 0 Å². The second-order valence-corrected chi connectivity index (χ2v) is 5.45. The molecule has 1 aromatic carbocycles. The zero-order valence-corrected chi connectivity index (χ0v) is 12.5. The Labute approximate surface area is 132 Å². The first-order valence-electron chi connectivity index (χ1n) is 7.31. The average Bonchev–Trinajstić information content (AvgIpc) is 2.91. The van der Waals surface area contributed by atoms with Crippen molar-refractivity contribution in [1.29, 1.82) is 0 Å². The van der Waals surface area contributed by atoms with E-state index < -0.39 is 30.8 Å². The van der Waals surface area contributed by atoms with Gasteiger partial charge >= 0.3 is 12.2 Å². The lowest BCUT2D eigenvalue weighted by Gasteiger charge is -2.25. The Morgan fingerprint density at radius 2 is 2.04 bits per heavy atom. The Hall–Kier alpha value is -1.96. The van der Waals surface area contributed by atoms with Crippen LogP contribution >= 0.6 is 0 Å². The Kier molecular flexibility index (Phi) is 5.35. The number of hydrogen-bond donors (Lipinski definition) is 2. The molecule has 23 heavy (non-hydrogen) atoms. The molecule has 0 aliphatic carbocycles. The molecule has 1 fully saturated rings. The Morgan fingerprint density at radius 1 is 1.35 bits per heavy atom. The summed E-state index contributed by atoms with van der Waals surface area (Å²) in [5.41, 5.74) is -2.80. The van der Waals surface area contributed by atoms with E-state index in [4.69, 9.17) is 4.74 Å². The molecule has 0 aromatic heterocycles. The van der Waals surface area contributed by atoms with E-state index in [2.05, 4.69) is 5.32 Å². The van der Waals surface area contributed by atoms with Gasteiger partial charge in [0.1, 0.15) is 5.75 Å². The summed E-state index contributed by atoms with van der Waals surface area (Å²) in [6, 6.07) is 8.55. The number of para-hydroxylation sites is 1. The van der Waals surface area contributed by atoms with Gasteiger partial charge in [-0.2, -0.15) is 13.2 Å². The van der Waals surface area contributed by atoms with E-state index in [0.29, 0.717) is 18.8 Å². The van der Waals surface area contributed by atoms with Gasteiger partial charge < -0.3 is 20.1 Å². The number of β-amino-alcohol motifs (C(OH)–C–C–N with tert-alkyl or cyclic N) is 1. The Balaban J connectivity index is 1.66. The summed E-state index contributed by atoms with van der Waals surface area (Å²) < 4.78 is 43.4. The number of ether oxygens (including phenoxy) is 1. The standard InChI is InChI=1S/C15H19F3N2O3/c16-15(17,18)14(22)7-9-20(11-14)13(21)19-8-4-10-23-12-5-2-1-3-6-12/h1-3,5-6,22H,4,7-11H2,(H,19,21)/t14-/m1/s1. The summed E-state index contributed by atoms with van der Waals surface area (Å²) in [6.07, 6.45) is -4.70. The van der Waals surface area contributed by atoms with Crippen molar-refractivity contribution in [3.05, 3.63) is 30.3 Å². The molecule has 128 valence electrons. The number of hydrogen-bond acceptors (Lipinski definition) is 3. The van der Waals surface area contributed by atoms with Gasteiger partial charge in [-0.05, 0) is 18.6 Å². The maximum absolute atomic E-state index is 12.7. The first kappa shape index (κ1) is 17.4. The van der Waals surface area contributed by atoms with Crippen LogP contribution in [0.1, 0.15) is 12.8 Å². The van der Waals surface area contributed by atoms with Crippen molar-refractivity contribution < 1.29 is 27.8 Å². The summed E-state index contributed by atoms with van der Waals surface area (Å²) in [4.78, 5) is 12.8. The number of alkyl halides is 3. The number of carbonyl (C=O) groups is 1. The third kappa shape index (κ3) is 4.51. The minimum Gasteiger partial charge on any atom is -0.494 e. The molecule has 1 aromatic rings. The minimum atomic E-state index is -4.73. The van der Waals surface area contributed by atoms with Crippen molar-refractivity contribution in [1.82, 2.24) is 10.2 Å². The molecule has 1 aliphatic rings. The van der Waals surface area contributed by atoms with Crippen molar-refractivity contribution in [3.63, 3.8) is 0 Å². The van der Waals surface area contributed by atoms with Gasteiger partial charge in [0.25, 0.3) is 0 Å². The first-order chi connectivity index (χ1) is 10.8. The molecule has 0 spiro atoms. The van der Waals surface area contributed by atoms with E-state index in [1.54, 1.807) is 12.1 Å². The molecule has 0 radical (unpaired) electrons. The van der Waals surface area contributed by atoms with Crippen LogP contribution in [-0.2, 0) is 0 Å². The number of nitrogens with one attached hydrogen (secondary N) is 1.